The number of carbonyl (C=O) groups excluding carboxylic acids is 2. The van der Waals surface area contributed by atoms with Crippen LogP contribution in [0.3, 0.4) is 0 Å². The highest BCUT2D eigenvalue weighted by molar-refractivity contribution is 7.09. The fraction of sp³-hybridized carbons (Fsp3) is 0.379. The number of rotatable bonds is 9. The van der Waals surface area contributed by atoms with E-state index < -0.39 is 18.1 Å². The summed E-state index contributed by atoms with van der Waals surface area (Å²) in [6.07, 6.45) is -0.424. The molecule has 39 heavy (non-hydrogen) atoms. The molecule has 0 radical (unpaired) electrons. The van der Waals surface area contributed by atoms with Gasteiger partial charge >= 0.3 is 18.1 Å². The Hall–Kier alpha value is -3.92. The summed E-state index contributed by atoms with van der Waals surface area (Å²) in [7, 11) is 1.68. The molecule has 1 aliphatic heterocycles. The van der Waals surface area contributed by atoms with E-state index in [0.717, 1.165) is 16.1 Å². The number of carbonyl (C=O) groups is 3. The highest BCUT2D eigenvalue weighted by Gasteiger charge is 2.39. The van der Waals surface area contributed by atoms with E-state index in [-0.39, 0.29) is 31.0 Å². The average Bonchev–Trinajstić information content (AvgIpc) is 3.59. The molecular formula is C29H32N4O5S. The van der Waals surface area contributed by atoms with E-state index in [2.05, 4.69) is 29.2 Å². The number of urea groups is 1. The fourth-order valence-corrected chi connectivity index (χ4v) is 6.28. The first-order valence-electron chi connectivity index (χ1n) is 13.0. The zero-order chi connectivity index (χ0) is 27.7. The van der Waals surface area contributed by atoms with Gasteiger partial charge in [-0.2, -0.15) is 0 Å². The summed E-state index contributed by atoms with van der Waals surface area (Å²) in [4.78, 5) is 46.5. The van der Waals surface area contributed by atoms with E-state index in [1.807, 2.05) is 29.6 Å². The predicted octanol–water partition coefficient (Wildman–Crippen LogP) is 4.87. The van der Waals surface area contributed by atoms with Crippen LogP contribution in [0.25, 0.3) is 11.1 Å². The summed E-state index contributed by atoms with van der Waals surface area (Å²) >= 11 is 1.42. The molecule has 2 aliphatic rings. The third-order valence-corrected chi connectivity index (χ3v) is 8.20. The second-order valence-electron chi connectivity index (χ2n) is 10.3. The van der Waals surface area contributed by atoms with Gasteiger partial charge in [-0.1, -0.05) is 62.4 Å². The summed E-state index contributed by atoms with van der Waals surface area (Å²) in [5.41, 5.74) is 5.40. The van der Waals surface area contributed by atoms with Crippen LogP contribution in [-0.2, 0) is 22.6 Å². The monoisotopic (exact) mass is 548 g/mol. The van der Waals surface area contributed by atoms with Crippen molar-refractivity contribution in [3.8, 4) is 11.1 Å². The van der Waals surface area contributed by atoms with Gasteiger partial charge in [-0.3, -0.25) is 0 Å². The minimum Gasteiger partial charge on any atom is -0.480 e. The number of carboxylic acids is 1. The molecule has 0 saturated carbocycles. The van der Waals surface area contributed by atoms with Crippen LogP contribution >= 0.6 is 11.3 Å². The number of amides is 3. The largest absolute Gasteiger partial charge is 0.480 e. The lowest BCUT2D eigenvalue weighted by molar-refractivity contribution is -0.143. The number of aliphatic carboxylic acids is 1. The molecule has 1 saturated heterocycles. The molecule has 1 fully saturated rings. The van der Waals surface area contributed by atoms with Crippen LogP contribution in [0.15, 0.2) is 53.9 Å². The zero-order valence-corrected chi connectivity index (χ0v) is 23.1. The van der Waals surface area contributed by atoms with Gasteiger partial charge in [0.2, 0.25) is 0 Å². The van der Waals surface area contributed by atoms with Crippen LogP contribution in [0.5, 0.6) is 0 Å². The lowest BCUT2D eigenvalue weighted by Crippen LogP contribution is -2.46. The normalized spacial score (nSPS) is 15.4. The number of hydrogen-bond acceptors (Lipinski definition) is 6. The van der Waals surface area contributed by atoms with Crippen molar-refractivity contribution in [1.82, 2.24) is 19.7 Å². The summed E-state index contributed by atoms with van der Waals surface area (Å²) in [5.74, 6) is -1.19. The molecule has 1 atom stereocenters. The smallest absolute Gasteiger partial charge is 0.409 e. The van der Waals surface area contributed by atoms with Crippen molar-refractivity contribution in [3.05, 3.63) is 75.7 Å². The number of carboxylic acid groups (broad SMARTS) is 1. The first-order valence-corrected chi connectivity index (χ1v) is 13.9. The quantitative estimate of drug-likeness (QED) is 0.409. The van der Waals surface area contributed by atoms with E-state index in [9.17, 15) is 19.5 Å². The molecule has 5 rings (SSSR count). The van der Waals surface area contributed by atoms with Gasteiger partial charge in [0.05, 0.1) is 18.8 Å². The molecule has 1 N–H and O–H groups in total. The molecular weight excluding hydrogens is 516 g/mol. The van der Waals surface area contributed by atoms with Gasteiger partial charge in [0.1, 0.15) is 17.7 Å². The molecule has 204 valence electrons. The third-order valence-electron chi connectivity index (χ3n) is 7.32. The highest BCUT2D eigenvalue weighted by atomic mass is 32.1. The summed E-state index contributed by atoms with van der Waals surface area (Å²) in [6.45, 7) is 5.25. The number of ether oxygens (including phenoxy) is 1. The van der Waals surface area contributed by atoms with Gasteiger partial charge in [-0.15, -0.1) is 11.3 Å². The summed E-state index contributed by atoms with van der Waals surface area (Å²) in [5, 5.41) is 12.2. The van der Waals surface area contributed by atoms with Gasteiger partial charge in [0, 0.05) is 31.4 Å². The molecule has 0 unspecified atom stereocenters. The predicted molar refractivity (Wildman–Crippen MR) is 147 cm³/mol. The molecule has 3 amide bonds. The maximum absolute atomic E-state index is 12.9. The molecule has 1 aliphatic carbocycles. The number of hydrogen-bond donors (Lipinski definition) is 1. The second-order valence-corrected chi connectivity index (χ2v) is 11.3. The van der Waals surface area contributed by atoms with Gasteiger partial charge in [-0.05, 0) is 28.2 Å². The molecule has 0 spiro atoms. The maximum atomic E-state index is 12.9. The van der Waals surface area contributed by atoms with Crippen LogP contribution in [0.4, 0.5) is 9.59 Å². The minimum atomic E-state index is -0.993. The minimum absolute atomic E-state index is 0.00444. The van der Waals surface area contributed by atoms with Crippen LogP contribution in [0.2, 0.25) is 0 Å². The molecule has 1 aromatic heterocycles. The van der Waals surface area contributed by atoms with Crippen molar-refractivity contribution in [1.29, 1.82) is 0 Å². The van der Waals surface area contributed by atoms with E-state index in [4.69, 9.17) is 4.74 Å². The number of aromatic nitrogens is 1. The molecule has 10 heteroatoms. The Kier molecular flexibility index (Phi) is 7.56. The number of benzene rings is 2. The Bertz CT molecular complexity index is 1340. The molecule has 0 bridgehead atoms. The summed E-state index contributed by atoms with van der Waals surface area (Å²) in [6, 6.07) is 15.3. The Balaban J connectivity index is 1.16. The van der Waals surface area contributed by atoms with Crippen LogP contribution in [-0.4, -0.2) is 75.7 Å². The number of thiazole rings is 1. The second kappa shape index (κ2) is 11.1. The standard InChI is InChI=1S/C29H32N4O5S/c1-18(2)26(27(34)35)33-13-12-32(28(33)36)14-19-17-39-25(30-19)15-31(3)29(37)38-16-24-22-10-6-4-8-20(22)21-9-5-7-11-23(21)24/h4-11,17-18,24,26H,12-16H2,1-3H3,(H,34,35)/t26-/m0/s1. The van der Waals surface area contributed by atoms with Gasteiger partial charge in [0.15, 0.2) is 0 Å². The van der Waals surface area contributed by atoms with Crippen LogP contribution in [0.1, 0.15) is 41.6 Å². The van der Waals surface area contributed by atoms with Crippen molar-refractivity contribution in [2.45, 2.75) is 38.9 Å². The SMILES string of the molecule is CC(C)[C@@H](C(=O)O)N1CCN(Cc2csc(CN(C)C(=O)OCC3c4ccccc4-c4ccccc43)n2)C1=O. The van der Waals surface area contributed by atoms with Crippen molar-refractivity contribution < 1.29 is 24.2 Å². The lowest BCUT2D eigenvalue weighted by Gasteiger charge is -2.27. The molecule has 2 aromatic carbocycles. The van der Waals surface area contributed by atoms with Gasteiger partial charge in [0.25, 0.3) is 0 Å². The lowest BCUT2D eigenvalue weighted by atomic mass is 9.98. The van der Waals surface area contributed by atoms with E-state index in [0.29, 0.717) is 25.3 Å². The Morgan fingerprint density at radius 1 is 1.10 bits per heavy atom. The summed E-state index contributed by atoms with van der Waals surface area (Å²) < 4.78 is 5.73. The van der Waals surface area contributed by atoms with Crippen molar-refractivity contribution in [2.75, 3.05) is 26.7 Å². The first kappa shape index (κ1) is 26.7. The van der Waals surface area contributed by atoms with Crippen molar-refractivity contribution >= 4 is 29.4 Å². The molecule has 3 aromatic rings. The van der Waals surface area contributed by atoms with Gasteiger partial charge < -0.3 is 24.5 Å². The Morgan fingerprint density at radius 2 is 1.74 bits per heavy atom. The van der Waals surface area contributed by atoms with E-state index in [1.165, 1.54) is 32.3 Å². The van der Waals surface area contributed by atoms with E-state index in [1.54, 1.807) is 25.8 Å². The first-order chi connectivity index (χ1) is 18.7. The Labute approximate surface area is 231 Å². The topological polar surface area (TPSA) is 103 Å². The van der Waals surface area contributed by atoms with Crippen LogP contribution in [0, 0.1) is 5.92 Å². The van der Waals surface area contributed by atoms with Crippen LogP contribution < -0.4 is 0 Å². The average molecular weight is 549 g/mol. The fourth-order valence-electron chi connectivity index (χ4n) is 5.45. The third kappa shape index (κ3) is 5.34. The molecule has 2 heterocycles. The maximum Gasteiger partial charge on any atom is 0.409 e. The van der Waals surface area contributed by atoms with Crippen molar-refractivity contribution in [3.63, 3.8) is 0 Å². The number of nitrogens with zero attached hydrogens (tertiary/aromatic N) is 4. The zero-order valence-electron chi connectivity index (χ0n) is 22.2. The van der Waals surface area contributed by atoms with E-state index >= 15 is 0 Å². The number of fused-ring (bicyclic) bond motifs is 3. The molecule has 9 nitrogen and oxygen atoms in total. The van der Waals surface area contributed by atoms with Gasteiger partial charge in [-0.25, -0.2) is 19.4 Å². The highest BCUT2D eigenvalue weighted by Crippen LogP contribution is 2.44. The Morgan fingerprint density at radius 3 is 2.36 bits per heavy atom. The van der Waals surface area contributed by atoms with Crippen molar-refractivity contribution in [2.24, 2.45) is 5.92 Å².